The number of hydrogen-bond donors (Lipinski definition) is 3. The van der Waals surface area contributed by atoms with Gasteiger partial charge in [0.15, 0.2) is 0 Å². The number of nitrogens with two attached hydrogens (primary N) is 1. The van der Waals surface area contributed by atoms with E-state index in [0.29, 0.717) is 18.7 Å². The topological polar surface area (TPSA) is 149 Å². The fourth-order valence-electron chi connectivity index (χ4n) is 3.30. The molecule has 0 saturated heterocycles. The van der Waals surface area contributed by atoms with E-state index in [1.165, 1.54) is 28.9 Å². The second-order valence-corrected chi connectivity index (χ2v) is 9.85. The van der Waals surface area contributed by atoms with Gasteiger partial charge in [-0.3, -0.25) is 9.59 Å². The van der Waals surface area contributed by atoms with Crippen molar-refractivity contribution in [3.63, 3.8) is 0 Å². The minimum atomic E-state index is -3.83. The summed E-state index contributed by atoms with van der Waals surface area (Å²) in [6, 6.07) is 14.4. The number of primary sulfonamides is 1. The van der Waals surface area contributed by atoms with Gasteiger partial charge in [0.05, 0.1) is 17.6 Å². The molecule has 0 aliphatic rings. The van der Waals surface area contributed by atoms with Crippen molar-refractivity contribution >= 4 is 21.8 Å². The first kappa shape index (κ1) is 25.1. The molecule has 0 bridgehead atoms. The van der Waals surface area contributed by atoms with Gasteiger partial charge in [-0.2, -0.15) is 0 Å². The van der Waals surface area contributed by atoms with Crippen LogP contribution in [0.4, 0.5) is 0 Å². The molecule has 0 saturated carbocycles. The molecule has 0 aliphatic carbocycles. The smallest absolute Gasteiger partial charge is 0.251 e. The highest BCUT2D eigenvalue weighted by molar-refractivity contribution is 7.89. The molecule has 180 valence electrons. The van der Waals surface area contributed by atoms with E-state index in [4.69, 9.17) is 5.14 Å². The molecule has 3 rings (SSSR count). The lowest BCUT2D eigenvalue weighted by atomic mass is 10.0. The zero-order valence-corrected chi connectivity index (χ0v) is 19.8. The summed E-state index contributed by atoms with van der Waals surface area (Å²) in [6.07, 6.45) is 2.21. The molecule has 1 atom stereocenters. The predicted molar refractivity (Wildman–Crippen MR) is 126 cm³/mol. The summed E-state index contributed by atoms with van der Waals surface area (Å²) in [4.78, 5) is 25.2. The van der Waals surface area contributed by atoms with E-state index in [0.717, 1.165) is 5.56 Å². The first-order valence-corrected chi connectivity index (χ1v) is 12.3. The van der Waals surface area contributed by atoms with E-state index in [1.807, 2.05) is 44.2 Å². The zero-order chi connectivity index (χ0) is 24.7. The number of aromatic nitrogens is 3. The van der Waals surface area contributed by atoms with Crippen LogP contribution in [0.1, 0.15) is 47.9 Å². The van der Waals surface area contributed by atoms with Crippen LogP contribution in [0.2, 0.25) is 0 Å². The fourth-order valence-corrected chi connectivity index (χ4v) is 3.82. The van der Waals surface area contributed by atoms with E-state index in [2.05, 4.69) is 20.9 Å². The molecule has 0 spiro atoms. The molecule has 1 unspecified atom stereocenters. The maximum atomic E-state index is 12.9. The summed E-state index contributed by atoms with van der Waals surface area (Å²) >= 11 is 0. The molecule has 1 heterocycles. The highest BCUT2D eigenvalue weighted by Crippen LogP contribution is 2.18. The first-order valence-electron chi connectivity index (χ1n) is 10.8. The second kappa shape index (κ2) is 11.0. The van der Waals surface area contributed by atoms with Crippen LogP contribution < -0.4 is 15.8 Å². The van der Waals surface area contributed by atoms with Crippen molar-refractivity contribution in [3.05, 3.63) is 77.6 Å². The molecule has 2 aromatic carbocycles. The Kier molecular flexibility index (Phi) is 8.13. The number of carbonyl (C=O) groups excluding carboxylic acids is 2. The third-order valence-corrected chi connectivity index (χ3v) is 5.99. The number of amides is 2. The van der Waals surface area contributed by atoms with Gasteiger partial charge in [-0.25, -0.2) is 18.2 Å². The Morgan fingerprint density at radius 2 is 1.68 bits per heavy atom. The summed E-state index contributed by atoms with van der Waals surface area (Å²) in [7, 11) is -3.83. The molecule has 0 fully saturated rings. The Balaban J connectivity index is 1.62. The minimum absolute atomic E-state index is 0.0753. The molecule has 4 N–H and O–H groups in total. The van der Waals surface area contributed by atoms with Gasteiger partial charge in [0.2, 0.25) is 15.9 Å². The number of hydrogen-bond acceptors (Lipinski definition) is 6. The largest absolute Gasteiger partial charge is 0.350 e. The minimum Gasteiger partial charge on any atom is -0.350 e. The maximum absolute atomic E-state index is 12.9. The SMILES string of the molecule is CC(C)CC(C(=O)NCc1ccccc1)n1cc(CNC(=O)c2ccc(S(N)(=O)=O)cc2)nn1. The maximum Gasteiger partial charge on any atom is 0.251 e. The number of benzene rings is 2. The third-order valence-electron chi connectivity index (χ3n) is 5.06. The highest BCUT2D eigenvalue weighted by atomic mass is 32.2. The Morgan fingerprint density at radius 1 is 1.00 bits per heavy atom. The summed E-state index contributed by atoms with van der Waals surface area (Å²) in [6.45, 7) is 4.55. The Bertz CT molecular complexity index is 1220. The number of rotatable bonds is 10. The van der Waals surface area contributed by atoms with Gasteiger partial charge in [0.1, 0.15) is 11.7 Å². The van der Waals surface area contributed by atoms with Crippen LogP contribution in [0.3, 0.4) is 0 Å². The van der Waals surface area contributed by atoms with Crippen molar-refractivity contribution in [2.45, 2.75) is 44.3 Å². The van der Waals surface area contributed by atoms with Crippen LogP contribution in [0.25, 0.3) is 0 Å². The van der Waals surface area contributed by atoms with E-state index in [-0.39, 0.29) is 28.8 Å². The first-order chi connectivity index (χ1) is 16.1. The van der Waals surface area contributed by atoms with Crippen molar-refractivity contribution in [3.8, 4) is 0 Å². The van der Waals surface area contributed by atoms with E-state index in [1.54, 1.807) is 6.20 Å². The Morgan fingerprint density at radius 3 is 2.29 bits per heavy atom. The average Bonchev–Trinajstić information content (AvgIpc) is 3.28. The zero-order valence-electron chi connectivity index (χ0n) is 19.0. The van der Waals surface area contributed by atoms with Crippen LogP contribution in [-0.4, -0.2) is 35.2 Å². The Hall–Kier alpha value is -3.57. The summed E-state index contributed by atoms with van der Waals surface area (Å²) in [5.74, 6) is -0.317. The van der Waals surface area contributed by atoms with Crippen LogP contribution in [0.15, 0.2) is 65.7 Å². The molecule has 3 aromatic rings. The van der Waals surface area contributed by atoms with E-state index < -0.39 is 22.0 Å². The number of nitrogens with one attached hydrogen (secondary N) is 2. The third kappa shape index (κ3) is 6.96. The molecular weight excluding hydrogens is 456 g/mol. The van der Waals surface area contributed by atoms with Crippen LogP contribution >= 0.6 is 0 Å². The van der Waals surface area contributed by atoms with Gasteiger partial charge in [-0.1, -0.05) is 49.4 Å². The number of carbonyl (C=O) groups is 2. The number of sulfonamides is 1. The van der Waals surface area contributed by atoms with Crippen molar-refractivity contribution in [1.82, 2.24) is 25.6 Å². The summed E-state index contributed by atoms with van der Waals surface area (Å²) in [5, 5.41) is 18.9. The Labute approximate surface area is 198 Å². The molecule has 1 aromatic heterocycles. The standard InChI is InChI=1S/C23H28N6O4S/c1-16(2)12-21(23(31)25-13-17-6-4-3-5-7-17)29-15-19(27-28-29)14-26-22(30)18-8-10-20(11-9-18)34(24,32)33/h3-11,15-16,21H,12-14H2,1-2H3,(H,25,31)(H,26,30)(H2,24,32,33). The second-order valence-electron chi connectivity index (χ2n) is 8.29. The van der Waals surface area contributed by atoms with E-state index in [9.17, 15) is 18.0 Å². The predicted octanol–water partition coefficient (Wildman–Crippen LogP) is 1.76. The van der Waals surface area contributed by atoms with Crippen molar-refractivity contribution in [1.29, 1.82) is 0 Å². The molecule has 2 amide bonds. The van der Waals surface area contributed by atoms with Crippen LogP contribution in [-0.2, 0) is 27.9 Å². The van der Waals surface area contributed by atoms with Gasteiger partial charge in [-0.15, -0.1) is 5.10 Å². The lowest BCUT2D eigenvalue weighted by molar-refractivity contribution is -0.125. The van der Waals surface area contributed by atoms with Gasteiger partial charge in [-0.05, 0) is 42.2 Å². The van der Waals surface area contributed by atoms with Crippen LogP contribution in [0, 0.1) is 5.92 Å². The number of nitrogens with zero attached hydrogens (tertiary/aromatic N) is 3. The molecule has 34 heavy (non-hydrogen) atoms. The molecule has 11 heteroatoms. The summed E-state index contributed by atoms with van der Waals surface area (Å²) < 4.78 is 24.2. The summed E-state index contributed by atoms with van der Waals surface area (Å²) in [5.41, 5.74) is 1.76. The monoisotopic (exact) mass is 484 g/mol. The molecule has 10 nitrogen and oxygen atoms in total. The normalized spacial score (nSPS) is 12.4. The molecular formula is C23H28N6O4S. The van der Waals surface area contributed by atoms with Crippen molar-refractivity contribution < 1.29 is 18.0 Å². The highest BCUT2D eigenvalue weighted by Gasteiger charge is 2.23. The van der Waals surface area contributed by atoms with Crippen molar-refractivity contribution in [2.75, 3.05) is 0 Å². The van der Waals surface area contributed by atoms with Gasteiger partial charge in [0, 0.05) is 12.1 Å². The van der Waals surface area contributed by atoms with Crippen LogP contribution in [0.5, 0.6) is 0 Å². The quantitative estimate of drug-likeness (QED) is 0.399. The molecule has 0 radical (unpaired) electrons. The average molecular weight is 485 g/mol. The van der Waals surface area contributed by atoms with Gasteiger partial charge >= 0.3 is 0 Å². The lowest BCUT2D eigenvalue weighted by Crippen LogP contribution is -2.33. The van der Waals surface area contributed by atoms with Gasteiger partial charge < -0.3 is 10.6 Å². The van der Waals surface area contributed by atoms with Gasteiger partial charge in [0.25, 0.3) is 5.91 Å². The van der Waals surface area contributed by atoms with E-state index >= 15 is 0 Å². The molecule has 0 aliphatic heterocycles. The lowest BCUT2D eigenvalue weighted by Gasteiger charge is -2.18. The van der Waals surface area contributed by atoms with Crippen molar-refractivity contribution in [2.24, 2.45) is 11.1 Å². The fraction of sp³-hybridized carbons (Fsp3) is 0.304.